The fourth-order valence-electron chi connectivity index (χ4n) is 3.89. The van der Waals surface area contributed by atoms with Gasteiger partial charge in [0.25, 0.3) is 0 Å². The molecule has 0 radical (unpaired) electrons. The molecular formula is C14H23N5. The zero-order valence-corrected chi connectivity index (χ0v) is 11.4. The number of fused-ring (bicyclic) bond motifs is 2. The van der Waals surface area contributed by atoms with Crippen LogP contribution in [0.15, 0.2) is 6.33 Å². The molecule has 1 aromatic heterocycles. The summed E-state index contributed by atoms with van der Waals surface area (Å²) in [5.41, 5.74) is 2.54. The number of piperazine rings is 1. The van der Waals surface area contributed by atoms with E-state index in [0.29, 0.717) is 6.04 Å². The molecule has 5 nitrogen and oxygen atoms in total. The van der Waals surface area contributed by atoms with Crippen LogP contribution in [0.1, 0.15) is 24.2 Å². The van der Waals surface area contributed by atoms with Gasteiger partial charge in [-0.3, -0.25) is 9.80 Å². The van der Waals surface area contributed by atoms with Crippen LogP contribution < -0.4 is 5.32 Å². The van der Waals surface area contributed by atoms with E-state index in [1.54, 1.807) is 0 Å². The van der Waals surface area contributed by atoms with Crippen LogP contribution in [0.2, 0.25) is 0 Å². The SMILES string of the molecule is c1nc2c([nH]1)CNC(CN1CCN3CCCC3C1)C2. The van der Waals surface area contributed by atoms with Gasteiger partial charge in [-0.1, -0.05) is 0 Å². The lowest BCUT2D eigenvalue weighted by Crippen LogP contribution is -2.54. The lowest BCUT2D eigenvalue weighted by Gasteiger charge is -2.39. The molecule has 5 heteroatoms. The predicted octanol–water partition coefficient (Wildman–Crippen LogP) is 0.204. The number of nitrogens with one attached hydrogen (secondary N) is 2. The van der Waals surface area contributed by atoms with E-state index >= 15 is 0 Å². The molecule has 19 heavy (non-hydrogen) atoms. The van der Waals surface area contributed by atoms with Crippen molar-refractivity contribution in [3.05, 3.63) is 17.7 Å². The van der Waals surface area contributed by atoms with Gasteiger partial charge in [0.1, 0.15) is 0 Å². The highest BCUT2D eigenvalue weighted by Crippen LogP contribution is 2.22. The Morgan fingerprint density at radius 3 is 3.32 bits per heavy atom. The van der Waals surface area contributed by atoms with Crippen molar-refractivity contribution < 1.29 is 0 Å². The van der Waals surface area contributed by atoms with Gasteiger partial charge in [-0.25, -0.2) is 4.98 Å². The second kappa shape index (κ2) is 4.89. The molecule has 2 N–H and O–H groups in total. The number of nitrogens with zero attached hydrogens (tertiary/aromatic N) is 3. The molecule has 4 rings (SSSR count). The van der Waals surface area contributed by atoms with Gasteiger partial charge in [0.2, 0.25) is 0 Å². The first-order chi connectivity index (χ1) is 9.38. The summed E-state index contributed by atoms with van der Waals surface area (Å²) in [5, 5.41) is 3.64. The molecule has 0 saturated carbocycles. The summed E-state index contributed by atoms with van der Waals surface area (Å²) in [6.45, 7) is 7.23. The zero-order chi connectivity index (χ0) is 12.7. The van der Waals surface area contributed by atoms with Crippen molar-refractivity contribution >= 4 is 0 Å². The smallest absolute Gasteiger partial charge is 0.0925 e. The summed E-state index contributed by atoms with van der Waals surface area (Å²) in [6, 6.07) is 1.40. The average molecular weight is 261 g/mol. The maximum absolute atomic E-state index is 4.43. The van der Waals surface area contributed by atoms with Crippen molar-refractivity contribution in [3.8, 4) is 0 Å². The molecule has 104 valence electrons. The number of H-pyrrole nitrogens is 1. The number of imidazole rings is 1. The first kappa shape index (κ1) is 11.9. The van der Waals surface area contributed by atoms with Crippen LogP contribution in [0.5, 0.6) is 0 Å². The first-order valence-electron chi connectivity index (χ1n) is 7.59. The lowest BCUT2D eigenvalue weighted by molar-refractivity contribution is 0.0952. The van der Waals surface area contributed by atoms with E-state index in [2.05, 4.69) is 25.1 Å². The quantitative estimate of drug-likeness (QED) is 0.799. The second-order valence-corrected chi connectivity index (χ2v) is 6.20. The molecule has 0 aliphatic carbocycles. The molecule has 0 amide bonds. The van der Waals surface area contributed by atoms with Crippen molar-refractivity contribution in [2.24, 2.45) is 0 Å². The minimum atomic E-state index is 0.573. The van der Waals surface area contributed by atoms with Crippen LogP contribution in [0.3, 0.4) is 0 Å². The van der Waals surface area contributed by atoms with Crippen LogP contribution in [-0.4, -0.2) is 64.6 Å². The van der Waals surface area contributed by atoms with Gasteiger partial charge in [0.05, 0.1) is 17.7 Å². The van der Waals surface area contributed by atoms with Crippen molar-refractivity contribution in [2.75, 3.05) is 32.7 Å². The fraction of sp³-hybridized carbons (Fsp3) is 0.786. The number of hydrogen-bond donors (Lipinski definition) is 2. The van der Waals surface area contributed by atoms with Gasteiger partial charge in [-0.15, -0.1) is 0 Å². The van der Waals surface area contributed by atoms with Gasteiger partial charge >= 0.3 is 0 Å². The van der Waals surface area contributed by atoms with Crippen molar-refractivity contribution in [1.82, 2.24) is 25.1 Å². The molecule has 2 saturated heterocycles. The minimum Gasteiger partial charge on any atom is -0.347 e. The van der Waals surface area contributed by atoms with Crippen molar-refractivity contribution in [2.45, 2.75) is 37.9 Å². The van der Waals surface area contributed by atoms with Gasteiger partial charge in [-0.05, 0) is 19.4 Å². The Morgan fingerprint density at radius 2 is 2.32 bits per heavy atom. The van der Waals surface area contributed by atoms with E-state index in [-0.39, 0.29) is 0 Å². The highest BCUT2D eigenvalue weighted by atomic mass is 15.3. The molecule has 2 atom stereocenters. The molecule has 0 bridgehead atoms. The monoisotopic (exact) mass is 261 g/mol. The van der Waals surface area contributed by atoms with Crippen LogP contribution in [0.4, 0.5) is 0 Å². The van der Waals surface area contributed by atoms with Crippen molar-refractivity contribution in [1.29, 1.82) is 0 Å². The summed E-state index contributed by atoms with van der Waals surface area (Å²) < 4.78 is 0. The lowest BCUT2D eigenvalue weighted by atomic mass is 10.0. The summed E-state index contributed by atoms with van der Waals surface area (Å²) in [7, 11) is 0. The molecular weight excluding hydrogens is 238 g/mol. The third-order valence-electron chi connectivity index (χ3n) is 4.96. The highest BCUT2D eigenvalue weighted by molar-refractivity contribution is 5.16. The summed E-state index contributed by atoms with van der Waals surface area (Å²) in [4.78, 5) is 13.0. The Hall–Kier alpha value is -0.910. The number of aromatic nitrogens is 2. The Bertz CT molecular complexity index is 443. The van der Waals surface area contributed by atoms with E-state index in [1.807, 2.05) is 6.33 Å². The molecule has 2 unspecified atom stereocenters. The van der Waals surface area contributed by atoms with Gasteiger partial charge in [0.15, 0.2) is 0 Å². The van der Waals surface area contributed by atoms with Gasteiger partial charge in [-0.2, -0.15) is 0 Å². The maximum Gasteiger partial charge on any atom is 0.0925 e. The van der Waals surface area contributed by atoms with Crippen LogP contribution >= 0.6 is 0 Å². The highest BCUT2D eigenvalue weighted by Gasteiger charge is 2.32. The molecule has 1 aromatic rings. The predicted molar refractivity (Wildman–Crippen MR) is 74.0 cm³/mol. The Labute approximate surface area is 114 Å². The molecule has 4 heterocycles. The Kier molecular flexibility index (Phi) is 3.06. The number of hydrogen-bond acceptors (Lipinski definition) is 4. The summed E-state index contributed by atoms with van der Waals surface area (Å²) in [6.07, 6.45) is 5.70. The second-order valence-electron chi connectivity index (χ2n) is 6.20. The summed E-state index contributed by atoms with van der Waals surface area (Å²) in [5.74, 6) is 0. The molecule has 3 aliphatic heterocycles. The largest absolute Gasteiger partial charge is 0.347 e. The molecule has 0 aromatic carbocycles. The third kappa shape index (κ3) is 2.30. The molecule has 0 spiro atoms. The Morgan fingerprint density at radius 1 is 1.32 bits per heavy atom. The number of aromatic amines is 1. The van der Waals surface area contributed by atoms with Crippen LogP contribution in [-0.2, 0) is 13.0 Å². The normalized spacial score (nSPS) is 32.2. The van der Waals surface area contributed by atoms with E-state index < -0.39 is 0 Å². The van der Waals surface area contributed by atoms with Gasteiger partial charge in [0, 0.05) is 51.2 Å². The Balaban J connectivity index is 1.35. The van der Waals surface area contributed by atoms with E-state index in [1.165, 1.54) is 57.0 Å². The van der Waals surface area contributed by atoms with E-state index in [0.717, 1.165) is 19.0 Å². The topological polar surface area (TPSA) is 47.2 Å². The first-order valence-corrected chi connectivity index (χ1v) is 7.59. The van der Waals surface area contributed by atoms with Crippen LogP contribution in [0, 0.1) is 0 Å². The van der Waals surface area contributed by atoms with Crippen molar-refractivity contribution in [3.63, 3.8) is 0 Å². The molecule has 3 aliphatic rings. The minimum absolute atomic E-state index is 0.573. The average Bonchev–Trinajstić information content (AvgIpc) is 3.05. The zero-order valence-electron chi connectivity index (χ0n) is 11.4. The summed E-state index contributed by atoms with van der Waals surface area (Å²) >= 11 is 0. The number of rotatable bonds is 2. The standard InChI is InChI=1S/C14H23N5/c1-2-12-9-18(4-5-19(12)3-1)8-11-6-13-14(7-15-11)17-10-16-13/h10-12,15H,1-9H2,(H,16,17). The van der Waals surface area contributed by atoms with Crippen LogP contribution in [0.25, 0.3) is 0 Å². The fourth-order valence-corrected chi connectivity index (χ4v) is 3.89. The van der Waals surface area contributed by atoms with E-state index in [4.69, 9.17) is 0 Å². The maximum atomic E-state index is 4.43. The van der Waals surface area contributed by atoms with E-state index in [9.17, 15) is 0 Å². The third-order valence-corrected chi connectivity index (χ3v) is 4.96. The molecule has 2 fully saturated rings. The van der Waals surface area contributed by atoms with Gasteiger partial charge < -0.3 is 10.3 Å².